The zero-order valence-corrected chi connectivity index (χ0v) is 19.5. The van der Waals surface area contributed by atoms with E-state index in [2.05, 4.69) is 0 Å². The van der Waals surface area contributed by atoms with Crippen LogP contribution in [0.4, 0.5) is 22.7 Å². The highest BCUT2D eigenvalue weighted by Crippen LogP contribution is 2.44. The van der Waals surface area contributed by atoms with Crippen LogP contribution in [0, 0.1) is 0 Å². The topological polar surface area (TPSA) is 138 Å². The van der Waals surface area contributed by atoms with E-state index in [1.165, 1.54) is 23.5 Å². The van der Waals surface area contributed by atoms with Crippen molar-refractivity contribution in [3.63, 3.8) is 0 Å². The molecule has 1 aliphatic rings. The van der Waals surface area contributed by atoms with E-state index in [4.69, 9.17) is 22.9 Å². The van der Waals surface area contributed by atoms with E-state index in [1.54, 1.807) is 48.5 Å². The van der Waals surface area contributed by atoms with Crippen molar-refractivity contribution in [2.24, 2.45) is 0 Å². The first-order valence-electron chi connectivity index (χ1n) is 10.3. The van der Waals surface area contributed by atoms with E-state index < -0.39 is 0 Å². The van der Waals surface area contributed by atoms with Crippen molar-refractivity contribution in [1.82, 2.24) is 0 Å². The number of nitrogens with two attached hydrogens (primary N) is 4. The fourth-order valence-corrected chi connectivity index (χ4v) is 5.80. The number of hydrogen-bond donors (Lipinski definition) is 4. The summed E-state index contributed by atoms with van der Waals surface area (Å²) in [6, 6.07) is 21.4. The molecule has 1 aliphatic carbocycles. The molecule has 4 aromatic carbocycles. The Morgan fingerprint density at radius 1 is 0.441 bits per heavy atom. The maximum Gasteiger partial charge on any atom is 0.197 e. The monoisotopic (exact) mass is 484 g/mol. The van der Waals surface area contributed by atoms with E-state index in [0.717, 1.165) is 9.79 Å². The molecule has 0 aliphatic heterocycles. The van der Waals surface area contributed by atoms with Crippen LogP contribution in [-0.2, 0) is 0 Å². The number of carbonyl (C=O) groups excluding carboxylic acids is 2. The second-order valence-electron chi connectivity index (χ2n) is 7.81. The van der Waals surface area contributed by atoms with Crippen molar-refractivity contribution in [3.8, 4) is 0 Å². The maximum atomic E-state index is 13.8. The Morgan fingerprint density at radius 2 is 0.794 bits per heavy atom. The van der Waals surface area contributed by atoms with Gasteiger partial charge in [0.05, 0.1) is 11.1 Å². The summed E-state index contributed by atoms with van der Waals surface area (Å²) in [7, 11) is 0. The largest absolute Gasteiger partial charge is 0.399 e. The van der Waals surface area contributed by atoms with E-state index in [9.17, 15) is 9.59 Å². The zero-order valence-electron chi connectivity index (χ0n) is 17.9. The lowest BCUT2D eigenvalue weighted by Gasteiger charge is -2.24. The highest BCUT2D eigenvalue weighted by molar-refractivity contribution is 7.99. The van der Waals surface area contributed by atoms with Gasteiger partial charge in [-0.05, 0) is 72.8 Å². The van der Waals surface area contributed by atoms with Gasteiger partial charge in [0.1, 0.15) is 0 Å². The van der Waals surface area contributed by atoms with Gasteiger partial charge in [-0.3, -0.25) is 9.59 Å². The molecule has 8 heteroatoms. The molecule has 0 heterocycles. The molecule has 4 aromatic rings. The Balaban J connectivity index is 1.64. The summed E-state index contributed by atoms with van der Waals surface area (Å²) in [5, 5.41) is 0. The fourth-order valence-electron chi connectivity index (χ4n) is 3.89. The fraction of sp³-hybridized carbons (Fsp3) is 0. The Kier molecular flexibility index (Phi) is 5.47. The average Bonchev–Trinajstić information content (AvgIpc) is 2.82. The van der Waals surface area contributed by atoms with Crippen molar-refractivity contribution in [2.75, 3.05) is 22.9 Å². The van der Waals surface area contributed by atoms with Crippen molar-refractivity contribution in [3.05, 3.63) is 95.1 Å². The number of nitrogen functional groups attached to an aromatic ring is 4. The molecular formula is C26H20N4O2S2. The number of fused-ring (bicyclic) bond motifs is 2. The Bertz CT molecular complexity index is 1350. The van der Waals surface area contributed by atoms with E-state index in [0.29, 0.717) is 21.2 Å². The van der Waals surface area contributed by atoms with Crippen LogP contribution in [0.25, 0.3) is 0 Å². The van der Waals surface area contributed by atoms with Gasteiger partial charge in [0.25, 0.3) is 0 Å². The Labute approximate surface area is 204 Å². The third-order valence-corrected chi connectivity index (χ3v) is 7.66. The number of carbonyl (C=O) groups is 2. The molecule has 0 spiro atoms. The van der Waals surface area contributed by atoms with Gasteiger partial charge in [0, 0.05) is 53.5 Å². The molecule has 168 valence electrons. The van der Waals surface area contributed by atoms with Gasteiger partial charge in [-0.1, -0.05) is 23.5 Å². The summed E-state index contributed by atoms with van der Waals surface area (Å²) in [4.78, 5) is 30.6. The Hall–Kier alpha value is -3.88. The molecule has 0 unspecified atom stereocenters. The lowest BCUT2D eigenvalue weighted by atomic mass is 9.82. The minimum atomic E-state index is -0.313. The van der Waals surface area contributed by atoms with Crippen LogP contribution in [-0.4, -0.2) is 11.6 Å². The lowest BCUT2D eigenvalue weighted by molar-refractivity contribution is 0.0976. The summed E-state index contributed by atoms with van der Waals surface area (Å²) < 4.78 is 0. The molecule has 5 rings (SSSR count). The summed E-state index contributed by atoms with van der Waals surface area (Å²) >= 11 is 2.74. The second kappa shape index (κ2) is 8.48. The molecule has 0 amide bonds. The van der Waals surface area contributed by atoms with Crippen LogP contribution in [0.1, 0.15) is 31.8 Å². The van der Waals surface area contributed by atoms with Crippen LogP contribution < -0.4 is 22.9 Å². The highest BCUT2D eigenvalue weighted by atomic mass is 32.2. The maximum absolute atomic E-state index is 13.8. The SMILES string of the molecule is Nc1ccc(Sc2ccc(N)c3c2C(=O)c2c(N)ccc(Sc4ccc(N)cc4)c2C3=O)cc1. The van der Waals surface area contributed by atoms with Crippen molar-refractivity contribution < 1.29 is 9.59 Å². The molecule has 0 saturated heterocycles. The molecule has 6 nitrogen and oxygen atoms in total. The Morgan fingerprint density at radius 3 is 1.15 bits per heavy atom. The quantitative estimate of drug-likeness (QED) is 0.259. The van der Waals surface area contributed by atoms with Crippen molar-refractivity contribution in [2.45, 2.75) is 19.6 Å². The second-order valence-corrected chi connectivity index (χ2v) is 10.0. The van der Waals surface area contributed by atoms with E-state index in [-0.39, 0.29) is 45.2 Å². The first-order valence-corrected chi connectivity index (χ1v) is 12.0. The van der Waals surface area contributed by atoms with Gasteiger partial charge < -0.3 is 22.9 Å². The third kappa shape index (κ3) is 3.76. The lowest BCUT2D eigenvalue weighted by Crippen LogP contribution is -2.25. The molecule has 0 atom stereocenters. The van der Waals surface area contributed by atoms with Gasteiger partial charge in [-0.2, -0.15) is 0 Å². The summed E-state index contributed by atoms with van der Waals surface area (Å²) in [6.45, 7) is 0. The molecule has 34 heavy (non-hydrogen) atoms. The number of benzene rings is 4. The van der Waals surface area contributed by atoms with Crippen LogP contribution >= 0.6 is 23.5 Å². The summed E-state index contributed by atoms with van der Waals surface area (Å²) in [5.41, 5.74) is 26.8. The summed E-state index contributed by atoms with van der Waals surface area (Å²) in [6.07, 6.45) is 0. The van der Waals surface area contributed by atoms with Crippen LogP contribution in [0.3, 0.4) is 0 Å². The molecule has 0 fully saturated rings. The van der Waals surface area contributed by atoms with Crippen LogP contribution in [0.5, 0.6) is 0 Å². The normalized spacial score (nSPS) is 12.4. The van der Waals surface area contributed by atoms with Gasteiger partial charge in [-0.25, -0.2) is 0 Å². The molecule has 0 radical (unpaired) electrons. The van der Waals surface area contributed by atoms with Crippen molar-refractivity contribution >= 4 is 57.8 Å². The average molecular weight is 485 g/mol. The number of anilines is 4. The zero-order chi connectivity index (χ0) is 24.0. The van der Waals surface area contributed by atoms with Gasteiger partial charge in [0.15, 0.2) is 11.6 Å². The molecule has 0 aromatic heterocycles. The molecular weight excluding hydrogens is 464 g/mol. The summed E-state index contributed by atoms with van der Waals surface area (Å²) in [5.74, 6) is -0.626. The number of ketones is 2. The highest BCUT2D eigenvalue weighted by Gasteiger charge is 2.37. The predicted octanol–water partition coefficient (Wildman–Crippen LogP) is 5.09. The predicted molar refractivity (Wildman–Crippen MR) is 139 cm³/mol. The molecule has 0 saturated carbocycles. The first kappa shape index (κ1) is 21.9. The van der Waals surface area contributed by atoms with Crippen LogP contribution in [0.2, 0.25) is 0 Å². The molecule has 0 bridgehead atoms. The minimum Gasteiger partial charge on any atom is -0.399 e. The van der Waals surface area contributed by atoms with Gasteiger partial charge in [0.2, 0.25) is 0 Å². The number of hydrogen-bond acceptors (Lipinski definition) is 8. The van der Waals surface area contributed by atoms with Crippen LogP contribution in [0.15, 0.2) is 92.4 Å². The van der Waals surface area contributed by atoms with E-state index in [1.807, 2.05) is 24.3 Å². The first-order chi connectivity index (χ1) is 16.3. The third-order valence-electron chi connectivity index (χ3n) is 5.52. The minimum absolute atomic E-state index is 0.211. The smallest absolute Gasteiger partial charge is 0.197 e. The van der Waals surface area contributed by atoms with Crippen molar-refractivity contribution in [1.29, 1.82) is 0 Å². The van der Waals surface area contributed by atoms with Gasteiger partial charge >= 0.3 is 0 Å². The molecule has 8 N–H and O–H groups in total. The van der Waals surface area contributed by atoms with Gasteiger partial charge in [-0.15, -0.1) is 0 Å². The number of rotatable bonds is 4. The standard InChI is InChI=1S/C26H20N4O2S2/c27-13-1-5-15(6-2-13)33-19-11-9-17(29)21-23(19)25(31)22-18(30)10-12-20(24(22)26(21)32)34-16-7-3-14(28)4-8-16/h1-12H,27-30H2. The van der Waals surface area contributed by atoms with E-state index >= 15 is 0 Å².